The highest BCUT2D eigenvalue weighted by Gasteiger charge is 2.34. The Morgan fingerprint density at radius 2 is 2.00 bits per heavy atom. The zero-order chi connectivity index (χ0) is 24.3. The summed E-state index contributed by atoms with van der Waals surface area (Å²) in [6.45, 7) is 0.683. The Balaban J connectivity index is 1.83. The predicted molar refractivity (Wildman–Crippen MR) is 127 cm³/mol. The number of ether oxygens (including phenoxy) is 2. The van der Waals surface area contributed by atoms with Crippen molar-refractivity contribution in [1.82, 2.24) is 10.2 Å². The van der Waals surface area contributed by atoms with E-state index in [2.05, 4.69) is 5.32 Å². The maximum atomic E-state index is 13.4. The number of benzene rings is 1. The molecule has 8 nitrogen and oxygen atoms in total. The zero-order valence-electron chi connectivity index (χ0n) is 19.9. The van der Waals surface area contributed by atoms with Crippen LogP contribution in [0.5, 0.6) is 0 Å². The van der Waals surface area contributed by atoms with E-state index in [4.69, 9.17) is 9.47 Å². The molecule has 1 aromatic carbocycles. The number of hydrogen-bond donors (Lipinski definition) is 2. The second-order valence-corrected chi connectivity index (χ2v) is 8.96. The minimum atomic E-state index is -0.708. The fourth-order valence-electron chi connectivity index (χ4n) is 4.62. The summed E-state index contributed by atoms with van der Waals surface area (Å²) in [4.78, 5) is 40.7. The zero-order valence-corrected chi connectivity index (χ0v) is 19.9. The van der Waals surface area contributed by atoms with Crippen LogP contribution in [0.15, 0.2) is 42.5 Å². The first kappa shape index (κ1) is 25.9. The van der Waals surface area contributed by atoms with Gasteiger partial charge >= 0.3 is 5.97 Å². The largest absolute Gasteiger partial charge is 0.455 e. The molecule has 2 heterocycles. The van der Waals surface area contributed by atoms with Crippen molar-refractivity contribution < 1.29 is 29.0 Å². The fraction of sp³-hybridized carbons (Fsp3) is 0.577. The van der Waals surface area contributed by atoms with Crippen LogP contribution < -0.4 is 5.32 Å². The number of amides is 2. The van der Waals surface area contributed by atoms with Crippen LogP contribution in [0.2, 0.25) is 0 Å². The average molecular weight is 473 g/mol. The SMILES string of the molecule is COCC1NC(=O)C(CC(=O)N2CCCC2CO)CC=CCCCC(=O)OC1c1ccccc1. The maximum absolute atomic E-state index is 13.4. The lowest BCUT2D eigenvalue weighted by molar-refractivity contribution is -0.153. The molecule has 0 radical (unpaired) electrons. The summed E-state index contributed by atoms with van der Waals surface area (Å²) < 4.78 is 11.2. The molecule has 186 valence electrons. The Bertz CT molecular complexity index is 843. The molecule has 4 unspecified atom stereocenters. The fourth-order valence-corrected chi connectivity index (χ4v) is 4.62. The van der Waals surface area contributed by atoms with Crippen LogP contribution in [0.1, 0.15) is 56.6 Å². The molecule has 34 heavy (non-hydrogen) atoms. The van der Waals surface area contributed by atoms with Crippen molar-refractivity contribution in [3.63, 3.8) is 0 Å². The Morgan fingerprint density at radius 1 is 1.21 bits per heavy atom. The molecule has 2 N–H and O–H groups in total. The summed E-state index contributed by atoms with van der Waals surface area (Å²) in [7, 11) is 1.53. The van der Waals surface area contributed by atoms with E-state index in [-0.39, 0.29) is 49.9 Å². The van der Waals surface area contributed by atoms with Crippen LogP contribution in [-0.4, -0.2) is 66.7 Å². The third-order valence-corrected chi connectivity index (χ3v) is 6.46. The van der Waals surface area contributed by atoms with Crippen molar-refractivity contribution >= 4 is 17.8 Å². The van der Waals surface area contributed by atoms with Crippen molar-refractivity contribution in [3.05, 3.63) is 48.0 Å². The van der Waals surface area contributed by atoms with Crippen LogP contribution in [0.3, 0.4) is 0 Å². The first-order valence-electron chi connectivity index (χ1n) is 12.1. The molecule has 4 atom stereocenters. The first-order valence-corrected chi connectivity index (χ1v) is 12.1. The Hall–Kier alpha value is -2.71. The molecule has 8 heteroatoms. The van der Waals surface area contributed by atoms with Crippen LogP contribution >= 0.6 is 0 Å². The molecule has 0 saturated carbocycles. The van der Waals surface area contributed by atoms with Gasteiger partial charge in [-0.3, -0.25) is 14.4 Å². The lowest BCUT2D eigenvalue weighted by Crippen LogP contribution is -2.47. The molecule has 2 aliphatic rings. The van der Waals surface area contributed by atoms with Gasteiger partial charge in [0, 0.05) is 26.5 Å². The minimum Gasteiger partial charge on any atom is -0.455 e. The topological polar surface area (TPSA) is 105 Å². The van der Waals surface area contributed by atoms with Gasteiger partial charge in [0.1, 0.15) is 6.10 Å². The Morgan fingerprint density at radius 3 is 2.74 bits per heavy atom. The number of hydrogen-bond acceptors (Lipinski definition) is 6. The number of nitrogens with zero attached hydrogens (tertiary/aromatic N) is 1. The smallest absolute Gasteiger partial charge is 0.306 e. The molecule has 0 aliphatic carbocycles. The number of aliphatic hydroxyl groups excluding tert-OH is 1. The second kappa shape index (κ2) is 13.2. The third kappa shape index (κ3) is 7.14. The van der Waals surface area contributed by atoms with Gasteiger partial charge in [-0.25, -0.2) is 0 Å². The van der Waals surface area contributed by atoms with Crippen LogP contribution in [-0.2, 0) is 23.9 Å². The number of aliphatic hydroxyl groups is 1. The lowest BCUT2D eigenvalue weighted by Gasteiger charge is -2.30. The van der Waals surface area contributed by atoms with Gasteiger partial charge in [0.2, 0.25) is 11.8 Å². The molecule has 2 amide bonds. The van der Waals surface area contributed by atoms with Crippen LogP contribution in [0.4, 0.5) is 0 Å². The summed E-state index contributed by atoms with van der Waals surface area (Å²) in [5.41, 5.74) is 0.765. The van der Waals surface area contributed by atoms with Gasteiger partial charge in [0.15, 0.2) is 0 Å². The van der Waals surface area contributed by atoms with Crippen LogP contribution in [0, 0.1) is 5.92 Å². The third-order valence-electron chi connectivity index (χ3n) is 6.46. The van der Waals surface area contributed by atoms with Crippen molar-refractivity contribution in [3.8, 4) is 0 Å². The van der Waals surface area contributed by atoms with Gasteiger partial charge in [0.05, 0.1) is 31.2 Å². The van der Waals surface area contributed by atoms with Gasteiger partial charge in [-0.15, -0.1) is 0 Å². The average Bonchev–Trinajstić information content (AvgIpc) is 3.33. The van der Waals surface area contributed by atoms with Crippen molar-refractivity contribution in [1.29, 1.82) is 0 Å². The van der Waals surface area contributed by atoms with Gasteiger partial charge in [0.25, 0.3) is 0 Å². The molecular weight excluding hydrogens is 436 g/mol. The molecule has 1 aromatic rings. The summed E-state index contributed by atoms with van der Waals surface area (Å²) >= 11 is 0. The van der Waals surface area contributed by atoms with E-state index < -0.39 is 18.1 Å². The number of esters is 1. The summed E-state index contributed by atoms with van der Waals surface area (Å²) in [6.07, 6.45) is 6.86. The second-order valence-electron chi connectivity index (χ2n) is 8.96. The molecular formula is C26H36N2O6. The minimum absolute atomic E-state index is 0.0577. The number of cyclic esters (lactones) is 1. The number of nitrogens with one attached hydrogen (secondary N) is 1. The number of likely N-dealkylation sites (tertiary alicyclic amines) is 1. The maximum Gasteiger partial charge on any atom is 0.306 e. The Labute approximate surface area is 201 Å². The lowest BCUT2D eigenvalue weighted by atomic mass is 9.96. The first-order chi connectivity index (χ1) is 16.5. The number of carbonyl (C=O) groups excluding carboxylic acids is 3. The van der Waals surface area contributed by atoms with Crippen molar-refractivity contribution in [2.75, 3.05) is 26.9 Å². The highest BCUT2D eigenvalue weighted by Crippen LogP contribution is 2.25. The van der Waals surface area contributed by atoms with Gasteiger partial charge < -0.3 is 24.8 Å². The van der Waals surface area contributed by atoms with Crippen molar-refractivity contribution in [2.45, 2.75) is 63.1 Å². The van der Waals surface area contributed by atoms with Crippen molar-refractivity contribution in [2.24, 2.45) is 5.92 Å². The monoisotopic (exact) mass is 472 g/mol. The van der Waals surface area contributed by atoms with Crippen LogP contribution in [0.25, 0.3) is 0 Å². The van der Waals surface area contributed by atoms with E-state index in [1.807, 2.05) is 42.5 Å². The molecule has 0 aromatic heterocycles. The molecule has 0 spiro atoms. The quantitative estimate of drug-likeness (QED) is 0.487. The number of methoxy groups -OCH3 is 1. The summed E-state index contributed by atoms with van der Waals surface area (Å²) in [5.74, 6) is -1.30. The molecule has 1 saturated heterocycles. The van der Waals surface area contributed by atoms with Gasteiger partial charge in [-0.2, -0.15) is 0 Å². The standard InChI is InChI=1S/C26H36N2O6/c1-33-18-22-25(19-10-6-4-7-11-19)34-24(31)14-8-3-2-5-12-20(26(32)27-22)16-23(30)28-15-9-13-21(28)17-29/h2,4-7,10-11,20-22,25,29H,3,8-9,12-18H2,1H3,(H,27,32). The van der Waals surface area contributed by atoms with E-state index in [0.717, 1.165) is 18.4 Å². The number of rotatable bonds is 6. The van der Waals surface area contributed by atoms with E-state index in [0.29, 0.717) is 25.8 Å². The predicted octanol–water partition coefficient (Wildman–Crippen LogP) is 2.52. The number of carbonyl (C=O) groups is 3. The van der Waals surface area contributed by atoms with Gasteiger partial charge in [-0.1, -0.05) is 42.5 Å². The molecule has 0 bridgehead atoms. The molecule has 2 aliphatic heterocycles. The van der Waals surface area contributed by atoms with Gasteiger partial charge in [-0.05, 0) is 37.7 Å². The highest BCUT2D eigenvalue weighted by atomic mass is 16.5. The number of allylic oxidation sites excluding steroid dienone is 2. The van der Waals surface area contributed by atoms with E-state index in [1.54, 1.807) is 4.90 Å². The molecule has 1 fully saturated rings. The van der Waals surface area contributed by atoms with E-state index >= 15 is 0 Å². The molecule has 3 rings (SSSR count). The summed E-state index contributed by atoms with van der Waals surface area (Å²) in [6, 6.07) is 8.52. The summed E-state index contributed by atoms with van der Waals surface area (Å²) in [5, 5.41) is 12.6. The Kier molecular flexibility index (Phi) is 10.1. The van der Waals surface area contributed by atoms with E-state index in [1.165, 1.54) is 7.11 Å². The highest BCUT2D eigenvalue weighted by molar-refractivity contribution is 5.86. The van der Waals surface area contributed by atoms with E-state index in [9.17, 15) is 19.5 Å². The normalized spacial score (nSPS) is 26.7.